The van der Waals surface area contributed by atoms with E-state index in [0.717, 1.165) is 32.0 Å². The summed E-state index contributed by atoms with van der Waals surface area (Å²) in [5.41, 5.74) is 0.0606. The van der Waals surface area contributed by atoms with E-state index in [4.69, 9.17) is 9.84 Å². The van der Waals surface area contributed by atoms with Crippen LogP contribution in [-0.4, -0.2) is 59.3 Å². The van der Waals surface area contributed by atoms with E-state index >= 15 is 0 Å². The Labute approximate surface area is 133 Å². The Morgan fingerprint density at radius 2 is 1.83 bits per heavy atom. The predicted octanol–water partition coefficient (Wildman–Crippen LogP) is 0.905. The van der Waals surface area contributed by atoms with Crippen molar-refractivity contribution in [3.63, 3.8) is 0 Å². The van der Waals surface area contributed by atoms with Crippen LogP contribution in [0.4, 0.5) is 11.6 Å². The summed E-state index contributed by atoms with van der Waals surface area (Å²) < 4.78 is 5.12. The molecule has 0 saturated carbocycles. The molecule has 3 rings (SSSR count). The summed E-state index contributed by atoms with van der Waals surface area (Å²) in [6.45, 7) is 3.00. The molecule has 1 saturated heterocycles. The van der Waals surface area contributed by atoms with E-state index in [1.807, 2.05) is 6.07 Å². The van der Waals surface area contributed by atoms with Gasteiger partial charge < -0.3 is 19.6 Å². The van der Waals surface area contributed by atoms with Crippen molar-refractivity contribution in [2.24, 2.45) is 0 Å². The van der Waals surface area contributed by atoms with E-state index in [1.165, 1.54) is 12.4 Å². The number of carboxylic acids is 1. The SMILES string of the molecule is COc1cc(N2CCN(c3cccc(C(=O)O)n3)CC2)ncn1. The van der Waals surface area contributed by atoms with E-state index in [2.05, 4.69) is 24.8 Å². The number of aromatic carboxylic acids is 1. The van der Waals surface area contributed by atoms with Crippen molar-refractivity contribution in [2.75, 3.05) is 43.1 Å². The Hall–Kier alpha value is -2.90. The van der Waals surface area contributed by atoms with Crippen molar-refractivity contribution in [3.8, 4) is 5.88 Å². The minimum atomic E-state index is -1.02. The van der Waals surface area contributed by atoms with E-state index in [0.29, 0.717) is 11.7 Å². The second-order valence-electron chi connectivity index (χ2n) is 5.08. The number of rotatable bonds is 4. The lowest BCUT2D eigenvalue weighted by atomic mass is 10.3. The summed E-state index contributed by atoms with van der Waals surface area (Å²) in [5.74, 6) is 1.03. The lowest BCUT2D eigenvalue weighted by Crippen LogP contribution is -2.47. The van der Waals surface area contributed by atoms with Gasteiger partial charge in [-0.3, -0.25) is 0 Å². The molecule has 23 heavy (non-hydrogen) atoms. The zero-order chi connectivity index (χ0) is 16.2. The molecule has 0 radical (unpaired) electrons. The molecular weight excluding hydrogens is 298 g/mol. The molecule has 0 spiro atoms. The van der Waals surface area contributed by atoms with Crippen molar-refractivity contribution in [1.29, 1.82) is 0 Å². The summed E-state index contributed by atoms with van der Waals surface area (Å²) >= 11 is 0. The van der Waals surface area contributed by atoms with Gasteiger partial charge >= 0.3 is 5.97 Å². The lowest BCUT2D eigenvalue weighted by molar-refractivity contribution is 0.0690. The number of anilines is 2. The Morgan fingerprint density at radius 1 is 1.13 bits per heavy atom. The third kappa shape index (κ3) is 3.31. The Bertz CT molecular complexity index is 701. The normalized spacial score (nSPS) is 14.7. The first kappa shape index (κ1) is 15.0. The van der Waals surface area contributed by atoms with Gasteiger partial charge in [-0.05, 0) is 12.1 Å². The van der Waals surface area contributed by atoms with E-state index in [-0.39, 0.29) is 5.69 Å². The molecule has 8 nitrogen and oxygen atoms in total. The minimum absolute atomic E-state index is 0.0606. The maximum atomic E-state index is 11.0. The molecule has 0 atom stereocenters. The number of piperazine rings is 1. The highest BCUT2D eigenvalue weighted by Gasteiger charge is 2.20. The number of aromatic nitrogens is 3. The number of carboxylic acid groups (broad SMARTS) is 1. The Balaban J connectivity index is 1.68. The van der Waals surface area contributed by atoms with Gasteiger partial charge in [0, 0.05) is 32.2 Å². The highest BCUT2D eigenvalue weighted by molar-refractivity contribution is 5.85. The molecular formula is C15H17N5O3. The maximum absolute atomic E-state index is 11.0. The molecule has 0 amide bonds. The van der Waals surface area contributed by atoms with Crippen molar-refractivity contribution in [2.45, 2.75) is 0 Å². The average Bonchev–Trinajstić information content (AvgIpc) is 2.62. The van der Waals surface area contributed by atoms with E-state index < -0.39 is 5.97 Å². The minimum Gasteiger partial charge on any atom is -0.481 e. The van der Waals surface area contributed by atoms with E-state index in [9.17, 15) is 4.79 Å². The van der Waals surface area contributed by atoms with Crippen LogP contribution in [0.3, 0.4) is 0 Å². The molecule has 1 aliphatic rings. The molecule has 3 heterocycles. The summed E-state index contributed by atoms with van der Waals surface area (Å²) in [6, 6.07) is 6.84. The van der Waals surface area contributed by atoms with Gasteiger partial charge in [0.25, 0.3) is 0 Å². The van der Waals surface area contributed by atoms with Crippen LogP contribution in [0.5, 0.6) is 5.88 Å². The molecule has 0 aromatic carbocycles. The molecule has 1 N–H and O–H groups in total. The molecule has 2 aromatic rings. The summed E-state index contributed by atoms with van der Waals surface area (Å²) in [6.07, 6.45) is 1.48. The Morgan fingerprint density at radius 3 is 2.48 bits per heavy atom. The fraction of sp³-hybridized carbons (Fsp3) is 0.333. The van der Waals surface area contributed by atoms with Crippen LogP contribution in [0.2, 0.25) is 0 Å². The van der Waals surface area contributed by atoms with Crippen LogP contribution in [0, 0.1) is 0 Å². The molecule has 2 aromatic heterocycles. The smallest absolute Gasteiger partial charge is 0.354 e. The van der Waals surface area contributed by atoms with Crippen LogP contribution >= 0.6 is 0 Å². The number of carbonyl (C=O) groups is 1. The van der Waals surface area contributed by atoms with Crippen molar-refractivity contribution in [3.05, 3.63) is 36.3 Å². The first-order chi connectivity index (χ1) is 11.2. The summed E-state index contributed by atoms with van der Waals surface area (Å²) in [4.78, 5) is 27.7. The third-order valence-corrected chi connectivity index (χ3v) is 3.72. The quantitative estimate of drug-likeness (QED) is 0.890. The highest BCUT2D eigenvalue weighted by atomic mass is 16.5. The molecule has 0 unspecified atom stereocenters. The van der Waals surface area contributed by atoms with Crippen molar-refractivity contribution in [1.82, 2.24) is 15.0 Å². The molecule has 120 valence electrons. The van der Waals surface area contributed by atoms with Gasteiger partial charge in [-0.25, -0.2) is 19.7 Å². The van der Waals surface area contributed by atoms with Crippen molar-refractivity contribution >= 4 is 17.6 Å². The fourth-order valence-electron chi connectivity index (χ4n) is 2.50. The van der Waals surface area contributed by atoms with Crippen LogP contribution < -0.4 is 14.5 Å². The predicted molar refractivity (Wildman–Crippen MR) is 84.2 cm³/mol. The largest absolute Gasteiger partial charge is 0.481 e. The van der Waals surface area contributed by atoms with Crippen LogP contribution in [0.25, 0.3) is 0 Å². The molecule has 0 aliphatic carbocycles. The zero-order valence-corrected chi connectivity index (χ0v) is 12.7. The number of methoxy groups -OCH3 is 1. The van der Waals surface area contributed by atoms with E-state index in [1.54, 1.807) is 19.2 Å². The van der Waals surface area contributed by atoms with Gasteiger partial charge in [-0.15, -0.1) is 0 Å². The topological polar surface area (TPSA) is 91.7 Å². The van der Waals surface area contributed by atoms with Crippen LogP contribution in [0.15, 0.2) is 30.6 Å². The molecule has 0 bridgehead atoms. The number of pyridine rings is 1. The summed E-state index contributed by atoms with van der Waals surface area (Å²) in [5, 5.41) is 9.03. The lowest BCUT2D eigenvalue weighted by Gasteiger charge is -2.36. The highest BCUT2D eigenvalue weighted by Crippen LogP contribution is 2.19. The molecule has 1 aliphatic heterocycles. The molecule has 8 heteroatoms. The first-order valence-corrected chi connectivity index (χ1v) is 7.23. The van der Waals surface area contributed by atoms with Gasteiger partial charge in [-0.2, -0.15) is 0 Å². The van der Waals surface area contributed by atoms with Gasteiger partial charge in [0.1, 0.15) is 18.0 Å². The number of ether oxygens (including phenoxy) is 1. The first-order valence-electron chi connectivity index (χ1n) is 7.23. The van der Waals surface area contributed by atoms with Gasteiger partial charge in [0.05, 0.1) is 7.11 Å². The standard InChI is InChI=1S/C15H17N5O3/c1-23-14-9-13(16-10-17-14)20-7-5-19(6-8-20)12-4-2-3-11(18-12)15(21)22/h2-4,9-10H,5-8H2,1H3,(H,21,22). The second-order valence-corrected chi connectivity index (χ2v) is 5.08. The fourth-order valence-corrected chi connectivity index (χ4v) is 2.50. The van der Waals surface area contributed by atoms with Crippen LogP contribution in [-0.2, 0) is 0 Å². The van der Waals surface area contributed by atoms with Gasteiger partial charge in [0.2, 0.25) is 5.88 Å². The second kappa shape index (κ2) is 6.47. The van der Waals surface area contributed by atoms with Crippen LogP contribution in [0.1, 0.15) is 10.5 Å². The number of nitrogens with zero attached hydrogens (tertiary/aromatic N) is 5. The maximum Gasteiger partial charge on any atom is 0.354 e. The number of hydrogen-bond donors (Lipinski definition) is 1. The average molecular weight is 315 g/mol. The Kier molecular flexibility index (Phi) is 4.22. The van der Waals surface area contributed by atoms with Gasteiger partial charge in [-0.1, -0.05) is 6.07 Å². The van der Waals surface area contributed by atoms with Crippen molar-refractivity contribution < 1.29 is 14.6 Å². The number of hydrogen-bond acceptors (Lipinski definition) is 7. The summed E-state index contributed by atoms with van der Waals surface area (Å²) in [7, 11) is 1.57. The third-order valence-electron chi connectivity index (χ3n) is 3.72. The molecule has 1 fully saturated rings. The van der Waals surface area contributed by atoms with Gasteiger partial charge in [0.15, 0.2) is 5.69 Å². The monoisotopic (exact) mass is 315 g/mol. The zero-order valence-electron chi connectivity index (χ0n) is 12.7.